The first kappa shape index (κ1) is 17.2. The molecule has 0 aliphatic carbocycles. The van der Waals surface area contributed by atoms with Gasteiger partial charge in [-0.3, -0.25) is 9.59 Å². The van der Waals surface area contributed by atoms with Crippen molar-refractivity contribution in [2.75, 3.05) is 11.9 Å². The minimum Gasteiger partial charge on any atom is -0.465 e. The van der Waals surface area contributed by atoms with Crippen LogP contribution in [0, 0.1) is 0 Å². The van der Waals surface area contributed by atoms with Crippen LogP contribution in [0.2, 0.25) is 0 Å². The normalized spacial score (nSPS) is 10.8. The summed E-state index contributed by atoms with van der Waals surface area (Å²) in [5.41, 5.74) is 1.46. The van der Waals surface area contributed by atoms with Crippen molar-refractivity contribution in [3.05, 3.63) is 67.1 Å². The Balaban J connectivity index is 1.44. The number of nitrogens with zero attached hydrogens (tertiary/aromatic N) is 1. The molecule has 0 aliphatic heterocycles. The van der Waals surface area contributed by atoms with Gasteiger partial charge in [-0.15, -0.1) is 0 Å². The molecular weight excluding hydrogens is 334 g/mol. The average molecular weight is 351 g/mol. The van der Waals surface area contributed by atoms with Crippen LogP contribution in [0.1, 0.15) is 12.2 Å². The zero-order chi connectivity index (χ0) is 18.2. The zero-order valence-corrected chi connectivity index (χ0v) is 13.8. The molecule has 0 spiro atoms. The smallest absolute Gasteiger partial charge is 0.244 e. The Bertz CT molecular complexity index is 883. The van der Waals surface area contributed by atoms with E-state index < -0.39 is 0 Å². The maximum Gasteiger partial charge on any atom is 0.244 e. The maximum atomic E-state index is 12.0. The fraction of sp³-hybridized carbons (Fsp3) is 0.105. The van der Waals surface area contributed by atoms with E-state index in [0.717, 1.165) is 5.56 Å². The van der Waals surface area contributed by atoms with E-state index in [2.05, 4.69) is 15.6 Å². The molecule has 132 valence electrons. The predicted molar refractivity (Wildman–Crippen MR) is 95.9 cm³/mol. The Morgan fingerprint density at radius 1 is 1.15 bits per heavy atom. The largest absolute Gasteiger partial charge is 0.465 e. The van der Waals surface area contributed by atoms with Gasteiger partial charge in [0.25, 0.3) is 0 Å². The summed E-state index contributed by atoms with van der Waals surface area (Å²) in [6.45, 7) is 0.231. The SMILES string of the molecule is O=C(/C=C/c1ccco1)NCCC(=O)Nc1cccc(-c2cnco2)c1. The van der Waals surface area contributed by atoms with Crippen LogP contribution in [0.15, 0.2) is 70.2 Å². The molecule has 0 saturated heterocycles. The summed E-state index contributed by atoms with van der Waals surface area (Å²) in [5.74, 6) is 0.720. The van der Waals surface area contributed by atoms with Gasteiger partial charge in [0.15, 0.2) is 12.2 Å². The van der Waals surface area contributed by atoms with Gasteiger partial charge >= 0.3 is 0 Å². The Morgan fingerprint density at radius 2 is 2.08 bits per heavy atom. The van der Waals surface area contributed by atoms with E-state index in [9.17, 15) is 9.59 Å². The van der Waals surface area contributed by atoms with E-state index in [1.807, 2.05) is 12.1 Å². The van der Waals surface area contributed by atoms with Gasteiger partial charge in [-0.25, -0.2) is 4.98 Å². The first-order valence-electron chi connectivity index (χ1n) is 7.99. The topological polar surface area (TPSA) is 97.4 Å². The molecule has 2 N–H and O–H groups in total. The Labute approximate surface area is 149 Å². The summed E-state index contributed by atoms with van der Waals surface area (Å²) in [5, 5.41) is 5.43. The summed E-state index contributed by atoms with van der Waals surface area (Å²) in [4.78, 5) is 27.5. The molecule has 3 aromatic rings. The highest BCUT2D eigenvalue weighted by molar-refractivity contribution is 5.93. The third-order valence-corrected chi connectivity index (χ3v) is 3.46. The summed E-state index contributed by atoms with van der Waals surface area (Å²) < 4.78 is 10.3. The molecule has 1 aromatic carbocycles. The van der Waals surface area contributed by atoms with Gasteiger partial charge < -0.3 is 19.5 Å². The zero-order valence-electron chi connectivity index (χ0n) is 13.8. The van der Waals surface area contributed by atoms with Crippen molar-refractivity contribution in [1.82, 2.24) is 10.3 Å². The highest BCUT2D eigenvalue weighted by Crippen LogP contribution is 2.22. The third-order valence-electron chi connectivity index (χ3n) is 3.46. The molecule has 7 nitrogen and oxygen atoms in total. The lowest BCUT2D eigenvalue weighted by Gasteiger charge is -2.07. The van der Waals surface area contributed by atoms with Crippen LogP contribution in [-0.4, -0.2) is 23.3 Å². The molecule has 0 bridgehead atoms. The van der Waals surface area contributed by atoms with Crippen molar-refractivity contribution < 1.29 is 18.4 Å². The second kappa shape index (κ2) is 8.48. The van der Waals surface area contributed by atoms with Crippen molar-refractivity contribution in [3.63, 3.8) is 0 Å². The van der Waals surface area contributed by atoms with Crippen molar-refractivity contribution in [3.8, 4) is 11.3 Å². The maximum absolute atomic E-state index is 12.0. The quantitative estimate of drug-likeness (QED) is 0.638. The molecule has 2 amide bonds. The van der Waals surface area contributed by atoms with Crippen LogP contribution in [0.25, 0.3) is 17.4 Å². The molecule has 2 heterocycles. The lowest BCUT2D eigenvalue weighted by atomic mass is 10.1. The summed E-state index contributed by atoms with van der Waals surface area (Å²) in [6.07, 6.45) is 7.56. The first-order valence-corrected chi connectivity index (χ1v) is 7.99. The second-order valence-electron chi connectivity index (χ2n) is 5.38. The molecule has 0 aliphatic rings. The van der Waals surface area contributed by atoms with E-state index in [1.54, 1.807) is 36.5 Å². The molecule has 0 saturated carbocycles. The van der Waals surface area contributed by atoms with Crippen LogP contribution in [0.3, 0.4) is 0 Å². The predicted octanol–water partition coefficient (Wildman–Crippen LogP) is 3.09. The van der Waals surface area contributed by atoms with E-state index in [-0.39, 0.29) is 24.8 Å². The summed E-state index contributed by atoms with van der Waals surface area (Å²) >= 11 is 0. The van der Waals surface area contributed by atoms with Crippen LogP contribution >= 0.6 is 0 Å². The number of amides is 2. The number of carbonyl (C=O) groups is 2. The van der Waals surface area contributed by atoms with E-state index in [0.29, 0.717) is 17.2 Å². The van der Waals surface area contributed by atoms with E-state index in [1.165, 1.54) is 18.7 Å². The minimum absolute atomic E-state index is 0.160. The first-order chi connectivity index (χ1) is 12.7. The number of furan rings is 1. The van der Waals surface area contributed by atoms with E-state index >= 15 is 0 Å². The average Bonchev–Trinajstić information content (AvgIpc) is 3.34. The molecule has 7 heteroatoms. The van der Waals surface area contributed by atoms with Crippen LogP contribution in [0.5, 0.6) is 0 Å². The number of anilines is 1. The number of rotatable bonds is 7. The monoisotopic (exact) mass is 351 g/mol. The van der Waals surface area contributed by atoms with Gasteiger partial charge in [-0.1, -0.05) is 12.1 Å². The van der Waals surface area contributed by atoms with Gasteiger partial charge in [-0.05, 0) is 30.3 Å². The van der Waals surface area contributed by atoms with Gasteiger partial charge in [0.1, 0.15) is 5.76 Å². The van der Waals surface area contributed by atoms with Crippen molar-refractivity contribution in [2.45, 2.75) is 6.42 Å². The number of hydrogen-bond donors (Lipinski definition) is 2. The lowest BCUT2D eigenvalue weighted by molar-refractivity contribution is -0.117. The van der Waals surface area contributed by atoms with Gasteiger partial charge in [0.05, 0.1) is 12.5 Å². The van der Waals surface area contributed by atoms with Crippen molar-refractivity contribution >= 4 is 23.6 Å². The van der Waals surface area contributed by atoms with Crippen LogP contribution in [-0.2, 0) is 9.59 Å². The summed E-state index contributed by atoms with van der Waals surface area (Å²) in [6, 6.07) is 10.7. The lowest BCUT2D eigenvalue weighted by Crippen LogP contribution is -2.26. The number of benzene rings is 1. The molecule has 0 fully saturated rings. The number of hydrogen-bond acceptors (Lipinski definition) is 5. The molecule has 3 rings (SSSR count). The fourth-order valence-corrected chi connectivity index (χ4v) is 2.23. The second-order valence-corrected chi connectivity index (χ2v) is 5.38. The highest BCUT2D eigenvalue weighted by atomic mass is 16.3. The number of nitrogens with one attached hydrogen (secondary N) is 2. The highest BCUT2D eigenvalue weighted by Gasteiger charge is 2.06. The van der Waals surface area contributed by atoms with Crippen LogP contribution < -0.4 is 10.6 Å². The molecular formula is C19H17N3O4. The Morgan fingerprint density at radius 3 is 2.85 bits per heavy atom. The van der Waals surface area contributed by atoms with Crippen molar-refractivity contribution in [1.29, 1.82) is 0 Å². The Hall–Kier alpha value is -3.61. The fourth-order valence-electron chi connectivity index (χ4n) is 2.23. The minimum atomic E-state index is -0.290. The van der Waals surface area contributed by atoms with Crippen molar-refractivity contribution in [2.24, 2.45) is 0 Å². The molecule has 26 heavy (non-hydrogen) atoms. The Kier molecular flexibility index (Phi) is 5.61. The van der Waals surface area contributed by atoms with Gasteiger partial charge in [-0.2, -0.15) is 0 Å². The summed E-state index contributed by atoms with van der Waals surface area (Å²) in [7, 11) is 0. The van der Waals surface area contributed by atoms with Gasteiger partial charge in [0, 0.05) is 30.3 Å². The third kappa shape index (κ3) is 4.94. The van der Waals surface area contributed by atoms with Crippen LogP contribution in [0.4, 0.5) is 5.69 Å². The molecule has 0 unspecified atom stereocenters. The molecule has 0 atom stereocenters. The molecule has 0 radical (unpaired) electrons. The number of carbonyl (C=O) groups excluding carboxylic acids is 2. The molecule has 2 aromatic heterocycles. The van der Waals surface area contributed by atoms with Gasteiger partial charge in [0.2, 0.25) is 11.8 Å². The number of oxazole rings is 1. The van der Waals surface area contributed by atoms with E-state index in [4.69, 9.17) is 8.83 Å². The standard InChI is InChI=1S/C19H17N3O4/c23-18(7-6-16-5-2-10-25-16)21-9-8-19(24)22-15-4-1-3-14(11-15)17-12-20-13-26-17/h1-7,10-13H,8-9H2,(H,21,23)(H,22,24)/b7-6+. The number of aromatic nitrogens is 1.